The number of ketones is 1. The summed E-state index contributed by atoms with van der Waals surface area (Å²) in [6.45, 7) is 3.51. The quantitative estimate of drug-likeness (QED) is 0.682. The molecule has 1 N–H and O–H groups in total. The number of rotatable bonds is 4. The first-order valence-corrected chi connectivity index (χ1v) is 6.71. The van der Waals surface area contributed by atoms with Gasteiger partial charge in [-0.1, -0.05) is 42.0 Å². The number of carbonyl (C=O) groups excluding carboxylic acids is 2. The van der Waals surface area contributed by atoms with Crippen molar-refractivity contribution < 1.29 is 9.59 Å². The maximum Gasteiger partial charge on any atom is 0.248 e. The highest BCUT2D eigenvalue weighted by molar-refractivity contribution is 6.03. The fraction of sp³-hybridized carbons (Fsp3) is 0.111. The number of amides is 1. The van der Waals surface area contributed by atoms with E-state index < -0.39 is 0 Å². The minimum Gasteiger partial charge on any atom is -0.322 e. The van der Waals surface area contributed by atoms with Gasteiger partial charge in [0.15, 0.2) is 5.78 Å². The molecule has 106 valence electrons. The molecule has 0 fully saturated rings. The fourth-order valence-corrected chi connectivity index (χ4v) is 1.85. The summed E-state index contributed by atoms with van der Waals surface area (Å²) in [5.74, 6) is -0.252. The zero-order valence-corrected chi connectivity index (χ0v) is 12.1. The molecule has 0 heterocycles. The Kier molecular flexibility index (Phi) is 4.67. The third-order valence-electron chi connectivity index (χ3n) is 3.04. The summed E-state index contributed by atoms with van der Waals surface area (Å²) in [5.41, 5.74) is 3.34. The zero-order valence-electron chi connectivity index (χ0n) is 12.1. The molecule has 0 atom stereocenters. The summed E-state index contributed by atoms with van der Waals surface area (Å²) < 4.78 is 0. The van der Waals surface area contributed by atoms with Gasteiger partial charge < -0.3 is 5.32 Å². The number of nitrogens with one attached hydrogen (secondary N) is 1. The molecule has 0 bridgehead atoms. The van der Waals surface area contributed by atoms with E-state index in [1.165, 1.54) is 18.6 Å². The number of hydrogen-bond donors (Lipinski definition) is 1. The lowest BCUT2D eigenvalue weighted by Gasteiger charge is -2.03. The van der Waals surface area contributed by atoms with Crippen molar-refractivity contribution in [2.45, 2.75) is 13.8 Å². The minimum absolute atomic E-state index is 0.0266. The van der Waals surface area contributed by atoms with E-state index in [0.717, 1.165) is 5.56 Å². The van der Waals surface area contributed by atoms with Crippen molar-refractivity contribution in [3.05, 3.63) is 71.3 Å². The van der Waals surface area contributed by atoms with Gasteiger partial charge in [-0.2, -0.15) is 0 Å². The topological polar surface area (TPSA) is 46.2 Å². The van der Waals surface area contributed by atoms with Crippen LogP contribution in [-0.4, -0.2) is 11.7 Å². The van der Waals surface area contributed by atoms with Crippen LogP contribution in [0, 0.1) is 6.92 Å². The van der Waals surface area contributed by atoms with Gasteiger partial charge in [-0.3, -0.25) is 9.59 Å². The first-order chi connectivity index (χ1) is 10.0. The van der Waals surface area contributed by atoms with Crippen molar-refractivity contribution in [1.29, 1.82) is 0 Å². The van der Waals surface area contributed by atoms with Crippen molar-refractivity contribution in [3.8, 4) is 0 Å². The highest BCUT2D eigenvalue weighted by Gasteiger charge is 2.02. The van der Waals surface area contributed by atoms with E-state index in [2.05, 4.69) is 5.32 Å². The van der Waals surface area contributed by atoms with Crippen molar-refractivity contribution >= 4 is 23.5 Å². The lowest BCUT2D eigenvalue weighted by atomic mass is 10.1. The van der Waals surface area contributed by atoms with Gasteiger partial charge in [0.25, 0.3) is 0 Å². The van der Waals surface area contributed by atoms with Crippen molar-refractivity contribution in [1.82, 2.24) is 0 Å². The van der Waals surface area contributed by atoms with Crippen LogP contribution in [0.15, 0.2) is 54.6 Å². The largest absolute Gasteiger partial charge is 0.322 e. The van der Waals surface area contributed by atoms with Crippen LogP contribution in [-0.2, 0) is 4.79 Å². The van der Waals surface area contributed by atoms with Crippen LogP contribution in [0.5, 0.6) is 0 Å². The molecule has 0 unspecified atom stereocenters. The average Bonchev–Trinajstić information content (AvgIpc) is 2.47. The molecular formula is C18H17NO2. The second-order valence-electron chi connectivity index (χ2n) is 4.87. The second-order valence-corrected chi connectivity index (χ2v) is 4.87. The Morgan fingerprint density at radius 1 is 1.05 bits per heavy atom. The lowest BCUT2D eigenvalue weighted by Crippen LogP contribution is -2.08. The van der Waals surface area contributed by atoms with Gasteiger partial charge in [0, 0.05) is 17.3 Å². The molecule has 1 amide bonds. The molecule has 3 heteroatoms. The van der Waals surface area contributed by atoms with Crippen molar-refractivity contribution in [2.75, 3.05) is 5.32 Å². The van der Waals surface area contributed by atoms with Gasteiger partial charge in [-0.25, -0.2) is 0 Å². The molecule has 0 aliphatic carbocycles. The van der Waals surface area contributed by atoms with Gasteiger partial charge >= 0.3 is 0 Å². The van der Waals surface area contributed by atoms with Gasteiger partial charge in [0.1, 0.15) is 0 Å². The molecule has 2 aromatic rings. The third-order valence-corrected chi connectivity index (χ3v) is 3.04. The molecule has 0 aliphatic heterocycles. The molecule has 0 spiro atoms. The molecular weight excluding hydrogens is 262 g/mol. The predicted octanol–water partition coefficient (Wildman–Crippen LogP) is 3.85. The first-order valence-electron chi connectivity index (χ1n) is 6.71. The fourth-order valence-electron chi connectivity index (χ4n) is 1.85. The lowest BCUT2D eigenvalue weighted by molar-refractivity contribution is -0.111. The monoisotopic (exact) mass is 279 g/mol. The van der Waals surface area contributed by atoms with E-state index in [4.69, 9.17) is 0 Å². The Hall–Kier alpha value is -2.68. The van der Waals surface area contributed by atoms with Crippen LogP contribution in [0.2, 0.25) is 0 Å². The molecule has 0 radical (unpaired) electrons. The second kappa shape index (κ2) is 6.66. The Morgan fingerprint density at radius 3 is 2.43 bits per heavy atom. The molecule has 0 aromatic heterocycles. The summed E-state index contributed by atoms with van der Waals surface area (Å²) >= 11 is 0. The van der Waals surface area contributed by atoms with Crippen LogP contribution >= 0.6 is 0 Å². The molecule has 0 saturated carbocycles. The standard InChI is InChI=1S/C18H17NO2/c1-13-6-8-15(9-7-13)10-11-18(21)19-17-5-3-4-16(12-17)14(2)20/h3-12H,1-2H3,(H,19,21)/b11-10-. The Morgan fingerprint density at radius 2 is 1.76 bits per heavy atom. The number of anilines is 1. The molecule has 0 aliphatic rings. The van der Waals surface area contributed by atoms with Crippen molar-refractivity contribution in [2.24, 2.45) is 0 Å². The summed E-state index contributed by atoms with van der Waals surface area (Å²) in [7, 11) is 0. The number of benzene rings is 2. The van der Waals surface area contributed by atoms with Crippen LogP contribution in [0.4, 0.5) is 5.69 Å². The number of aryl methyl sites for hydroxylation is 1. The van der Waals surface area contributed by atoms with Crippen molar-refractivity contribution in [3.63, 3.8) is 0 Å². The highest BCUT2D eigenvalue weighted by Crippen LogP contribution is 2.11. The van der Waals surface area contributed by atoms with Crippen LogP contribution in [0.25, 0.3) is 6.08 Å². The molecule has 3 nitrogen and oxygen atoms in total. The SMILES string of the molecule is CC(=O)c1cccc(NC(=O)/C=C\c2ccc(C)cc2)c1. The Bertz CT molecular complexity index is 685. The van der Waals surface area contributed by atoms with Gasteiger partial charge in [0.05, 0.1) is 0 Å². The molecule has 0 saturated heterocycles. The summed E-state index contributed by atoms with van der Waals surface area (Å²) in [6, 6.07) is 14.8. The smallest absolute Gasteiger partial charge is 0.248 e. The average molecular weight is 279 g/mol. The third kappa shape index (κ3) is 4.42. The van der Waals surface area contributed by atoms with Gasteiger partial charge in [-0.05, 0) is 37.6 Å². The number of hydrogen-bond acceptors (Lipinski definition) is 2. The maximum atomic E-state index is 11.9. The molecule has 2 rings (SSSR count). The van der Waals surface area contributed by atoms with E-state index >= 15 is 0 Å². The minimum atomic E-state index is -0.226. The Labute approximate surface area is 124 Å². The summed E-state index contributed by atoms with van der Waals surface area (Å²) in [6.07, 6.45) is 3.23. The highest BCUT2D eigenvalue weighted by atomic mass is 16.1. The van der Waals surface area contributed by atoms with Gasteiger partial charge in [-0.15, -0.1) is 0 Å². The predicted molar refractivity (Wildman–Crippen MR) is 85.3 cm³/mol. The summed E-state index contributed by atoms with van der Waals surface area (Å²) in [4.78, 5) is 23.1. The first kappa shape index (κ1) is 14.7. The van der Waals surface area contributed by atoms with Gasteiger partial charge in [0.2, 0.25) is 5.91 Å². The van der Waals surface area contributed by atoms with E-state index in [0.29, 0.717) is 11.3 Å². The van der Waals surface area contributed by atoms with E-state index in [9.17, 15) is 9.59 Å². The molecule has 2 aromatic carbocycles. The van der Waals surface area contributed by atoms with E-state index in [1.54, 1.807) is 30.3 Å². The number of carbonyl (C=O) groups is 2. The maximum absolute atomic E-state index is 11.9. The number of Topliss-reactive ketones (excluding diaryl/α,β-unsaturated/α-hetero) is 1. The molecule has 21 heavy (non-hydrogen) atoms. The summed E-state index contributed by atoms with van der Waals surface area (Å²) in [5, 5.41) is 2.74. The van der Waals surface area contributed by atoms with Crippen LogP contribution < -0.4 is 5.32 Å². The van der Waals surface area contributed by atoms with E-state index in [1.807, 2.05) is 31.2 Å². The Balaban J connectivity index is 2.03. The zero-order chi connectivity index (χ0) is 15.2. The normalized spacial score (nSPS) is 10.6. The van der Waals surface area contributed by atoms with Crippen LogP contribution in [0.3, 0.4) is 0 Å². The van der Waals surface area contributed by atoms with Crippen LogP contribution in [0.1, 0.15) is 28.4 Å². The van der Waals surface area contributed by atoms with E-state index in [-0.39, 0.29) is 11.7 Å².